The molecule has 0 amide bonds. The largest absolute Gasteiger partial charge is 0.313 e. The van der Waals surface area contributed by atoms with Crippen molar-refractivity contribution >= 4 is 10.0 Å². The predicted molar refractivity (Wildman–Crippen MR) is 67.4 cm³/mol. The van der Waals surface area contributed by atoms with E-state index < -0.39 is 15.8 Å². The highest BCUT2D eigenvalue weighted by atomic mass is 32.2. The molecule has 0 aromatic heterocycles. The monoisotopic (exact) mass is 272 g/mol. The van der Waals surface area contributed by atoms with E-state index in [2.05, 4.69) is 10.0 Å². The lowest BCUT2D eigenvalue weighted by atomic mass is 10.2. The molecular formula is C12H17FN2O2S. The molecular weight excluding hydrogens is 255 g/mol. The van der Waals surface area contributed by atoms with Gasteiger partial charge in [-0.2, -0.15) is 0 Å². The van der Waals surface area contributed by atoms with Gasteiger partial charge in [0.1, 0.15) is 5.82 Å². The highest BCUT2D eigenvalue weighted by Crippen LogP contribution is 2.14. The van der Waals surface area contributed by atoms with Gasteiger partial charge in [-0.3, -0.25) is 0 Å². The lowest BCUT2D eigenvalue weighted by Gasteiger charge is -2.12. The average molecular weight is 272 g/mol. The molecule has 4 nitrogen and oxygen atoms in total. The first-order chi connectivity index (χ1) is 8.47. The van der Waals surface area contributed by atoms with Crippen molar-refractivity contribution in [2.75, 3.05) is 13.1 Å². The van der Waals surface area contributed by atoms with Crippen molar-refractivity contribution in [3.8, 4) is 0 Å². The Kier molecular flexibility index (Phi) is 3.99. The summed E-state index contributed by atoms with van der Waals surface area (Å²) in [6.45, 7) is 2.93. The first-order valence-corrected chi connectivity index (χ1v) is 7.46. The van der Waals surface area contributed by atoms with E-state index in [1.54, 1.807) is 6.92 Å². The molecule has 0 aliphatic carbocycles. The third-order valence-electron chi connectivity index (χ3n) is 3.01. The summed E-state index contributed by atoms with van der Waals surface area (Å²) >= 11 is 0. The fourth-order valence-electron chi connectivity index (χ4n) is 2.08. The Morgan fingerprint density at radius 3 is 2.83 bits per heavy atom. The second-order valence-electron chi connectivity index (χ2n) is 4.61. The van der Waals surface area contributed by atoms with Gasteiger partial charge in [0.2, 0.25) is 10.0 Å². The quantitative estimate of drug-likeness (QED) is 0.865. The fourth-order valence-corrected chi connectivity index (χ4v) is 3.28. The highest BCUT2D eigenvalue weighted by Gasteiger charge is 2.19. The molecule has 1 unspecified atom stereocenters. The number of sulfonamides is 1. The molecule has 1 atom stereocenters. The lowest BCUT2D eigenvalue weighted by Crippen LogP contribution is -2.37. The first-order valence-electron chi connectivity index (χ1n) is 5.97. The Morgan fingerprint density at radius 2 is 2.22 bits per heavy atom. The van der Waals surface area contributed by atoms with Crippen molar-refractivity contribution in [1.29, 1.82) is 0 Å². The molecule has 18 heavy (non-hydrogen) atoms. The van der Waals surface area contributed by atoms with Gasteiger partial charge < -0.3 is 5.32 Å². The van der Waals surface area contributed by atoms with Crippen LogP contribution < -0.4 is 10.0 Å². The number of hydrogen-bond donors (Lipinski definition) is 2. The zero-order valence-electron chi connectivity index (χ0n) is 10.2. The summed E-state index contributed by atoms with van der Waals surface area (Å²) in [7, 11) is -3.62. The SMILES string of the molecule is Cc1cc(F)cc(S(=O)(=O)NCC2CCCN2)c1. The molecule has 6 heteroatoms. The number of nitrogens with one attached hydrogen (secondary N) is 2. The van der Waals surface area contributed by atoms with E-state index in [-0.39, 0.29) is 10.9 Å². The molecule has 1 saturated heterocycles. The van der Waals surface area contributed by atoms with Crippen LogP contribution in [0.5, 0.6) is 0 Å². The van der Waals surface area contributed by atoms with E-state index in [0.29, 0.717) is 12.1 Å². The van der Waals surface area contributed by atoms with Crippen molar-refractivity contribution in [2.24, 2.45) is 0 Å². The van der Waals surface area contributed by atoms with Gasteiger partial charge in [0.05, 0.1) is 4.90 Å². The third kappa shape index (κ3) is 3.28. The van der Waals surface area contributed by atoms with E-state index >= 15 is 0 Å². The fraction of sp³-hybridized carbons (Fsp3) is 0.500. The van der Waals surface area contributed by atoms with Gasteiger partial charge in [-0.25, -0.2) is 17.5 Å². The van der Waals surface area contributed by atoms with E-state index in [4.69, 9.17) is 0 Å². The normalized spacial score (nSPS) is 20.2. The summed E-state index contributed by atoms with van der Waals surface area (Å²) in [5.41, 5.74) is 0.592. The average Bonchev–Trinajstić information content (AvgIpc) is 2.78. The summed E-state index contributed by atoms with van der Waals surface area (Å²) in [5.74, 6) is -0.533. The predicted octanol–water partition coefficient (Wildman–Crippen LogP) is 1.16. The van der Waals surface area contributed by atoms with Crippen LogP contribution in [-0.4, -0.2) is 27.5 Å². The number of rotatable bonds is 4. The minimum Gasteiger partial charge on any atom is -0.313 e. The Labute approximate surface area is 107 Å². The van der Waals surface area contributed by atoms with Crippen molar-refractivity contribution in [3.05, 3.63) is 29.6 Å². The van der Waals surface area contributed by atoms with Crippen molar-refractivity contribution in [1.82, 2.24) is 10.0 Å². The van der Waals surface area contributed by atoms with Crippen LogP contribution in [0.3, 0.4) is 0 Å². The Bertz CT molecular complexity index is 505. The summed E-state index contributed by atoms with van der Waals surface area (Å²) in [6.07, 6.45) is 2.02. The molecule has 2 N–H and O–H groups in total. The molecule has 1 aliphatic rings. The number of hydrogen-bond acceptors (Lipinski definition) is 3. The van der Waals surface area contributed by atoms with Crippen LogP contribution in [-0.2, 0) is 10.0 Å². The molecule has 0 bridgehead atoms. The molecule has 1 aliphatic heterocycles. The van der Waals surface area contributed by atoms with Gasteiger partial charge in [-0.15, -0.1) is 0 Å². The van der Waals surface area contributed by atoms with E-state index in [1.807, 2.05) is 0 Å². The van der Waals surface area contributed by atoms with Crippen LogP contribution >= 0.6 is 0 Å². The highest BCUT2D eigenvalue weighted by molar-refractivity contribution is 7.89. The molecule has 100 valence electrons. The van der Waals surface area contributed by atoms with Crippen LogP contribution in [0.25, 0.3) is 0 Å². The third-order valence-corrected chi connectivity index (χ3v) is 4.41. The summed E-state index contributed by atoms with van der Waals surface area (Å²) < 4.78 is 39.7. The van der Waals surface area contributed by atoms with Crippen LogP contribution in [0, 0.1) is 12.7 Å². The van der Waals surface area contributed by atoms with Crippen LogP contribution in [0.2, 0.25) is 0 Å². The van der Waals surface area contributed by atoms with Crippen LogP contribution in [0.1, 0.15) is 18.4 Å². The van der Waals surface area contributed by atoms with Gasteiger partial charge in [0.15, 0.2) is 0 Å². The second-order valence-corrected chi connectivity index (χ2v) is 6.38. The maximum atomic E-state index is 13.2. The zero-order valence-corrected chi connectivity index (χ0v) is 11.1. The molecule has 1 aromatic rings. The molecule has 1 heterocycles. The van der Waals surface area contributed by atoms with Crippen LogP contribution in [0.15, 0.2) is 23.1 Å². The van der Waals surface area contributed by atoms with Crippen LogP contribution in [0.4, 0.5) is 4.39 Å². The van der Waals surface area contributed by atoms with Gasteiger partial charge in [-0.1, -0.05) is 0 Å². The Balaban J connectivity index is 2.09. The van der Waals surface area contributed by atoms with Gasteiger partial charge in [0, 0.05) is 12.6 Å². The molecule has 1 fully saturated rings. The number of aryl methyl sites for hydroxylation is 1. The summed E-state index contributed by atoms with van der Waals surface area (Å²) in [5, 5.41) is 3.20. The molecule has 0 radical (unpaired) electrons. The maximum absolute atomic E-state index is 13.2. The number of benzene rings is 1. The number of halogens is 1. The van der Waals surface area contributed by atoms with Crippen molar-refractivity contribution < 1.29 is 12.8 Å². The minimum atomic E-state index is -3.62. The second kappa shape index (κ2) is 5.34. The van der Waals surface area contributed by atoms with E-state index in [1.165, 1.54) is 12.1 Å². The molecule has 0 saturated carbocycles. The minimum absolute atomic E-state index is 0.0157. The smallest absolute Gasteiger partial charge is 0.240 e. The van der Waals surface area contributed by atoms with Gasteiger partial charge in [0.25, 0.3) is 0 Å². The Hall–Kier alpha value is -0.980. The first kappa shape index (κ1) is 13.5. The summed E-state index contributed by atoms with van der Waals surface area (Å²) in [4.78, 5) is -0.0157. The molecule has 0 spiro atoms. The van der Waals surface area contributed by atoms with Crippen molar-refractivity contribution in [2.45, 2.75) is 30.7 Å². The summed E-state index contributed by atoms with van der Waals surface area (Å²) in [6, 6.07) is 3.98. The van der Waals surface area contributed by atoms with E-state index in [9.17, 15) is 12.8 Å². The topological polar surface area (TPSA) is 58.2 Å². The molecule has 2 rings (SSSR count). The van der Waals surface area contributed by atoms with E-state index in [0.717, 1.165) is 25.5 Å². The maximum Gasteiger partial charge on any atom is 0.240 e. The van der Waals surface area contributed by atoms with Gasteiger partial charge >= 0.3 is 0 Å². The zero-order chi connectivity index (χ0) is 13.2. The Morgan fingerprint density at radius 1 is 1.44 bits per heavy atom. The standard InChI is InChI=1S/C12H17FN2O2S/c1-9-5-10(13)7-12(6-9)18(16,17)15-8-11-3-2-4-14-11/h5-7,11,14-15H,2-4,8H2,1H3. The van der Waals surface area contributed by atoms with Crippen molar-refractivity contribution in [3.63, 3.8) is 0 Å². The van der Waals surface area contributed by atoms with Gasteiger partial charge in [-0.05, 0) is 50.1 Å². The lowest BCUT2D eigenvalue weighted by molar-refractivity contribution is 0.550. The molecule has 1 aromatic carbocycles.